The first kappa shape index (κ1) is 14.5. The van der Waals surface area contributed by atoms with Gasteiger partial charge in [-0.1, -0.05) is 29.8 Å². The molecular weight excluding hydrogens is 300 g/mol. The number of hydrogen-bond acceptors (Lipinski definition) is 3. The van der Waals surface area contributed by atoms with E-state index in [0.29, 0.717) is 16.3 Å². The Balaban J connectivity index is 1.73. The van der Waals surface area contributed by atoms with Crippen LogP contribution in [0, 0.1) is 0 Å². The molecule has 0 aliphatic rings. The Kier molecular flexibility index (Phi) is 4.02. The molecular formula is C17H15ClN2O2. The number of carbonyl (C=O) groups is 1. The molecule has 0 unspecified atom stereocenters. The lowest BCUT2D eigenvalue weighted by Gasteiger charge is -2.08. The topological polar surface area (TPSA) is 54.1 Å². The van der Waals surface area contributed by atoms with E-state index in [0.717, 1.165) is 16.6 Å². The molecule has 0 saturated carbocycles. The first-order valence-electron chi connectivity index (χ1n) is 6.86. The number of fused-ring (bicyclic) bond motifs is 1. The highest BCUT2D eigenvalue weighted by molar-refractivity contribution is 6.32. The SMILES string of the molecule is COc1ccc(NCC(=O)c2c[nH]c3ccccc23)cc1Cl. The molecule has 0 spiro atoms. The molecule has 3 aromatic rings. The number of carbonyl (C=O) groups excluding carboxylic acids is 1. The van der Waals surface area contributed by atoms with Gasteiger partial charge < -0.3 is 15.0 Å². The fourth-order valence-corrected chi connectivity index (χ4v) is 2.61. The number of halogens is 1. The zero-order valence-electron chi connectivity index (χ0n) is 12.0. The summed E-state index contributed by atoms with van der Waals surface area (Å²) in [4.78, 5) is 15.5. The number of Topliss-reactive ketones (excluding diaryl/α,β-unsaturated/α-hetero) is 1. The van der Waals surface area contributed by atoms with Crippen molar-refractivity contribution in [2.45, 2.75) is 0 Å². The average Bonchev–Trinajstić information content (AvgIpc) is 2.97. The Morgan fingerprint density at radius 2 is 2.09 bits per heavy atom. The van der Waals surface area contributed by atoms with Gasteiger partial charge in [-0.05, 0) is 24.3 Å². The molecule has 1 heterocycles. The number of benzene rings is 2. The molecule has 5 heteroatoms. The van der Waals surface area contributed by atoms with Crippen LogP contribution < -0.4 is 10.1 Å². The van der Waals surface area contributed by atoms with E-state index in [1.807, 2.05) is 30.3 Å². The third-order valence-electron chi connectivity index (χ3n) is 3.49. The molecule has 0 radical (unpaired) electrons. The lowest BCUT2D eigenvalue weighted by Crippen LogP contribution is -2.13. The summed E-state index contributed by atoms with van der Waals surface area (Å²) in [7, 11) is 1.56. The maximum absolute atomic E-state index is 12.4. The zero-order valence-corrected chi connectivity index (χ0v) is 12.8. The van der Waals surface area contributed by atoms with E-state index >= 15 is 0 Å². The first-order chi connectivity index (χ1) is 10.7. The van der Waals surface area contributed by atoms with Gasteiger partial charge in [0.05, 0.1) is 18.7 Å². The minimum atomic E-state index is 0.0180. The molecule has 0 atom stereocenters. The molecule has 0 aliphatic heterocycles. The normalized spacial score (nSPS) is 10.6. The van der Waals surface area contributed by atoms with Gasteiger partial charge in [-0.3, -0.25) is 4.79 Å². The Labute approximate surface area is 133 Å². The van der Waals surface area contributed by atoms with Gasteiger partial charge in [0.1, 0.15) is 5.75 Å². The van der Waals surface area contributed by atoms with E-state index in [1.165, 1.54) is 0 Å². The van der Waals surface area contributed by atoms with Gasteiger partial charge in [-0.2, -0.15) is 0 Å². The number of nitrogens with one attached hydrogen (secondary N) is 2. The number of aromatic amines is 1. The van der Waals surface area contributed by atoms with Crippen molar-refractivity contribution in [1.29, 1.82) is 0 Å². The van der Waals surface area contributed by atoms with Gasteiger partial charge in [-0.15, -0.1) is 0 Å². The van der Waals surface area contributed by atoms with Crippen LogP contribution in [-0.2, 0) is 0 Å². The molecule has 4 nitrogen and oxygen atoms in total. The lowest BCUT2D eigenvalue weighted by molar-refractivity contribution is 0.101. The minimum absolute atomic E-state index is 0.0180. The first-order valence-corrected chi connectivity index (χ1v) is 7.23. The fourth-order valence-electron chi connectivity index (χ4n) is 2.36. The van der Waals surface area contributed by atoms with Crippen LogP contribution in [0.25, 0.3) is 10.9 Å². The van der Waals surface area contributed by atoms with Crippen molar-refractivity contribution in [3.05, 3.63) is 59.2 Å². The van der Waals surface area contributed by atoms with Gasteiger partial charge in [0.25, 0.3) is 0 Å². The maximum atomic E-state index is 12.4. The van der Waals surface area contributed by atoms with Crippen LogP contribution in [0.4, 0.5) is 5.69 Å². The summed E-state index contributed by atoms with van der Waals surface area (Å²) in [5.74, 6) is 0.625. The van der Waals surface area contributed by atoms with Crippen molar-refractivity contribution in [3.63, 3.8) is 0 Å². The van der Waals surface area contributed by atoms with Crippen LogP contribution in [0.5, 0.6) is 5.75 Å². The zero-order chi connectivity index (χ0) is 15.5. The van der Waals surface area contributed by atoms with Crippen molar-refractivity contribution in [1.82, 2.24) is 4.98 Å². The molecule has 112 valence electrons. The molecule has 22 heavy (non-hydrogen) atoms. The summed E-state index contributed by atoms with van der Waals surface area (Å²) in [6.45, 7) is 0.199. The monoisotopic (exact) mass is 314 g/mol. The van der Waals surface area contributed by atoms with Crippen LogP contribution >= 0.6 is 11.6 Å². The average molecular weight is 315 g/mol. The van der Waals surface area contributed by atoms with Crippen LogP contribution in [-0.4, -0.2) is 24.4 Å². The summed E-state index contributed by atoms with van der Waals surface area (Å²) < 4.78 is 5.10. The van der Waals surface area contributed by atoms with Crippen molar-refractivity contribution >= 4 is 34.0 Å². The molecule has 0 bridgehead atoms. The third kappa shape index (κ3) is 2.78. The number of para-hydroxylation sites is 1. The van der Waals surface area contributed by atoms with Crippen molar-refractivity contribution < 1.29 is 9.53 Å². The number of aromatic nitrogens is 1. The van der Waals surface area contributed by atoms with Crippen molar-refractivity contribution in [2.24, 2.45) is 0 Å². The number of rotatable bonds is 5. The summed E-state index contributed by atoms with van der Waals surface area (Å²) in [6.07, 6.45) is 1.75. The standard InChI is InChI=1S/C17H15ClN2O2/c1-22-17-7-6-11(8-14(17)18)19-10-16(21)13-9-20-15-5-3-2-4-12(13)15/h2-9,19-20H,10H2,1H3. The highest BCUT2D eigenvalue weighted by Gasteiger charge is 2.11. The van der Waals surface area contributed by atoms with Crippen LogP contribution in [0.2, 0.25) is 5.02 Å². The van der Waals surface area contributed by atoms with E-state index in [1.54, 1.807) is 25.4 Å². The Morgan fingerprint density at radius 1 is 1.27 bits per heavy atom. The van der Waals surface area contributed by atoms with E-state index < -0.39 is 0 Å². The number of ether oxygens (including phenoxy) is 1. The molecule has 0 fully saturated rings. The summed E-state index contributed by atoms with van der Waals surface area (Å²) >= 11 is 6.07. The predicted octanol–water partition coefficient (Wildman–Crippen LogP) is 4.12. The second kappa shape index (κ2) is 6.12. The Morgan fingerprint density at radius 3 is 2.86 bits per heavy atom. The van der Waals surface area contributed by atoms with Crippen LogP contribution in [0.3, 0.4) is 0 Å². The molecule has 0 saturated heterocycles. The molecule has 3 rings (SSSR count). The molecule has 2 N–H and O–H groups in total. The van der Waals surface area contributed by atoms with E-state index in [-0.39, 0.29) is 12.3 Å². The number of ketones is 1. The van der Waals surface area contributed by atoms with Gasteiger partial charge >= 0.3 is 0 Å². The lowest BCUT2D eigenvalue weighted by atomic mass is 10.1. The van der Waals surface area contributed by atoms with Gasteiger partial charge in [0.15, 0.2) is 5.78 Å². The minimum Gasteiger partial charge on any atom is -0.495 e. The maximum Gasteiger partial charge on any atom is 0.183 e. The number of methoxy groups -OCH3 is 1. The number of hydrogen-bond donors (Lipinski definition) is 2. The van der Waals surface area contributed by atoms with E-state index in [2.05, 4.69) is 10.3 Å². The highest BCUT2D eigenvalue weighted by atomic mass is 35.5. The third-order valence-corrected chi connectivity index (χ3v) is 3.79. The Bertz CT molecular complexity index is 826. The second-order valence-corrected chi connectivity index (χ2v) is 5.28. The summed E-state index contributed by atoms with van der Waals surface area (Å²) in [6, 6.07) is 13.1. The molecule has 2 aromatic carbocycles. The quantitative estimate of drug-likeness (QED) is 0.696. The fraction of sp³-hybridized carbons (Fsp3) is 0.118. The smallest absolute Gasteiger partial charge is 0.183 e. The summed E-state index contributed by atoms with van der Waals surface area (Å²) in [5.41, 5.74) is 2.42. The molecule has 1 aromatic heterocycles. The van der Waals surface area contributed by atoms with E-state index in [9.17, 15) is 4.79 Å². The number of anilines is 1. The van der Waals surface area contributed by atoms with Crippen molar-refractivity contribution in [2.75, 3.05) is 19.0 Å². The van der Waals surface area contributed by atoms with Crippen LogP contribution in [0.15, 0.2) is 48.7 Å². The van der Waals surface area contributed by atoms with Gasteiger partial charge in [-0.25, -0.2) is 0 Å². The molecule has 0 aliphatic carbocycles. The number of H-pyrrole nitrogens is 1. The van der Waals surface area contributed by atoms with Crippen LogP contribution in [0.1, 0.15) is 10.4 Å². The van der Waals surface area contributed by atoms with Crippen molar-refractivity contribution in [3.8, 4) is 5.75 Å². The largest absolute Gasteiger partial charge is 0.495 e. The van der Waals surface area contributed by atoms with E-state index in [4.69, 9.17) is 16.3 Å². The van der Waals surface area contributed by atoms with Gasteiger partial charge in [0, 0.05) is 28.4 Å². The molecule has 0 amide bonds. The Hall–Kier alpha value is -2.46. The second-order valence-electron chi connectivity index (χ2n) is 4.87. The highest BCUT2D eigenvalue weighted by Crippen LogP contribution is 2.27. The van der Waals surface area contributed by atoms with Gasteiger partial charge in [0.2, 0.25) is 0 Å². The predicted molar refractivity (Wildman–Crippen MR) is 89.1 cm³/mol. The summed E-state index contributed by atoms with van der Waals surface area (Å²) in [5, 5.41) is 4.53.